The third-order valence-corrected chi connectivity index (χ3v) is 5.75. The van der Waals surface area contributed by atoms with Crippen LogP contribution >= 0.6 is 0 Å². The number of morpholine rings is 1. The summed E-state index contributed by atoms with van der Waals surface area (Å²) in [4.78, 5) is 32.5. The number of rotatable bonds is 4. The van der Waals surface area contributed by atoms with Gasteiger partial charge in [-0.15, -0.1) is 0 Å². The van der Waals surface area contributed by atoms with E-state index < -0.39 is 5.60 Å². The predicted molar refractivity (Wildman–Crippen MR) is 106 cm³/mol. The number of anilines is 1. The first-order valence-corrected chi connectivity index (χ1v) is 9.91. The fourth-order valence-corrected chi connectivity index (χ4v) is 4.02. The highest BCUT2D eigenvalue weighted by Crippen LogP contribution is 2.33. The number of aromatic nitrogens is 1. The number of hydrogen-bond acceptors (Lipinski definition) is 4. The Hall–Kier alpha value is -2.80. The lowest BCUT2D eigenvalue weighted by atomic mass is 9.88. The second-order valence-electron chi connectivity index (χ2n) is 7.67. The Labute approximate surface area is 169 Å². The SMILES string of the molecule is O=C(CCc1cccnc1)N1CCC2(CC1)CN(c1cccc(F)c1)C(=O)CO2. The van der Waals surface area contributed by atoms with Gasteiger partial charge < -0.3 is 14.5 Å². The maximum Gasteiger partial charge on any atom is 0.253 e. The molecule has 4 rings (SSSR count). The molecule has 1 aromatic carbocycles. The van der Waals surface area contributed by atoms with Crippen molar-refractivity contribution in [1.29, 1.82) is 0 Å². The number of hydrogen-bond donors (Lipinski definition) is 0. The Balaban J connectivity index is 1.35. The van der Waals surface area contributed by atoms with Crippen LogP contribution in [0.15, 0.2) is 48.8 Å². The van der Waals surface area contributed by atoms with Crippen molar-refractivity contribution < 1.29 is 18.7 Å². The van der Waals surface area contributed by atoms with Gasteiger partial charge in [0, 0.05) is 37.6 Å². The van der Waals surface area contributed by atoms with Gasteiger partial charge in [-0.2, -0.15) is 0 Å². The molecule has 0 aliphatic carbocycles. The summed E-state index contributed by atoms with van der Waals surface area (Å²) in [6.07, 6.45) is 5.94. The van der Waals surface area contributed by atoms with Crippen LogP contribution in [0.2, 0.25) is 0 Å². The molecule has 29 heavy (non-hydrogen) atoms. The average molecular weight is 397 g/mol. The van der Waals surface area contributed by atoms with E-state index in [4.69, 9.17) is 4.74 Å². The highest BCUT2D eigenvalue weighted by molar-refractivity contribution is 5.95. The molecule has 0 bridgehead atoms. The summed E-state index contributed by atoms with van der Waals surface area (Å²) in [6, 6.07) is 9.91. The van der Waals surface area contributed by atoms with Gasteiger partial charge in [0.15, 0.2) is 0 Å². The van der Waals surface area contributed by atoms with Crippen molar-refractivity contribution in [2.24, 2.45) is 0 Å². The molecule has 2 aromatic rings. The molecule has 0 saturated carbocycles. The average Bonchev–Trinajstić information content (AvgIpc) is 2.75. The third kappa shape index (κ3) is 4.45. The third-order valence-electron chi connectivity index (χ3n) is 5.75. The number of aryl methyl sites for hydroxylation is 1. The lowest BCUT2D eigenvalue weighted by Crippen LogP contribution is -2.59. The minimum Gasteiger partial charge on any atom is -0.363 e. The van der Waals surface area contributed by atoms with E-state index in [0.29, 0.717) is 51.0 Å². The number of carbonyl (C=O) groups excluding carboxylic acids is 2. The molecule has 0 radical (unpaired) electrons. The zero-order valence-electron chi connectivity index (χ0n) is 16.2. The Morgan fingerprint density at radius 3 is 2.76 bits per heavy atom. The van der Waals surface area contributed by atoms with E-state index in [9.17, 15) is 14.0 Å². The van der Waals surface area contributed by atoms with E-state index in [2.05, 4.69) is 4.98 Å². The molecule has 2 amide bonds. The van der Waals surface area contributed by atoms with Crippen LogP contribution in [0.5, 0.6) is 0 Å². The van der Waals surface area contributed by atoms with Gasteiger partial charge in [0.05, 0.1) is 12.1 Å². The van der Waals surface area contributed by atoms with Gasteiger partial charge >= 0.3 is 0 Å². The number of pyridine rings is 1. The Morgan fingerprint density at radius 1 is 1.21 bits per heavy atom. The molecule has 0 unspecified atom stereocenters. The summed E-state index contributed by atoms with van der Waals surface area (Å²) >= 11 is 0. The molecule has 2 aliphatic rings. The van der Waals surface area contributed by atoms with Crippen molar-refractivity contribution >= 4 is 17.5 Å². The second-order valence-corrected chi connectivity index (χ2v) is 7.67. The number of carbonyl (C=O) groups is 2. The number of piperidine rings is 1. The van der Waals surface area contributed by atoms with Crippen molar-refractivity contribution in [2.75, 3.05) is 31.1 Å². The predicted octanol–water partition coefficient (Wildman–Crippen LogP) is 2.58. The molecule has 3 heterocycles. The molecule has 1 spiro atoms. The van der Waals surface area contributed by atoms with E-state index in [-0.39, 0.29) is 24.2 Å². The van der Waals surface area contributed by atoms with E-state index in [1.165, 1.54) is 12.1 Å². The second kappa shape index (κ2) is 8.29. The maximum absolute atomic E-state index is 13.6. The molecule has 152 valence electrons. The van der Waals surface area contributed by atoms with Gasteiger partial charge in [0.1, 0.15) is 12.4 Å². The van der Waals surface area contributed by atoms with E-state index >= 15 is 0 Å². The van der Waals surface area contributed by atoms with Crippen molar-refractivity contribution in [2.45, 2.75) is 31.3 Å². The van der Waals surface area contributed by atoms with Crippen molar-refractivity contribution in [1.82, 2.24) is 9.88 Å². The molecule has 1 aromatic heterocycles. The lowest BCUT2D eigenvalue weighted by molar-refractivity contribution is -0.150. The smallest absolute Gasteiger partial charge is 0.253 e. The van der Waals surface area contributed by atoms with Crippen LogP contribution in [-0.4, -0.2) is 53.5 Å². The summed E-state index contributed by atoms with van der Waals surface area (Å²) in [5.74, 6) is -0.418. The molecular weight excluding hydrogens is 373 g/mol. The van der Waals surface area contributed by atoms with Crippen molar-refractivity contribution in [3.63, 3.8) is 0 Å². The van der Waals surface area contributed by atoms with Gasteiger partial charge in [-0.3, -0.25) is 14.6 Å². The molecule has 0 atom stereocenters. The summed E-state index contributed by atoms with van der Waals surface area (Å²) in [6.45, 7) is 1.55. The van der Waals surface area contributed by atoms with Gasteiger partial charge in [-0.05, 0) is 49.1 Å². The first-order valence-electron chi connectivity index (χ1n) is 9.91. The standard InChI is InChI=1S/C22H24FN3O3/c23-18-4-1-5-19(13-18)26-16-22(29-15-21(26)28)8-11-25(12-9-22)20(27)7-6-17-3-2-10-24-14-17/h1-5,10,13-14H,6-9,11-12,15-16H2. The number of benzene rings is 1. The van der Waals surface area contributed by atoms with Crippen LogP contribution in [0.4, 0.5) is 10.1 Å². The Kier molecular flexibility index (Phi) is 5.58. The molecule has 6 nitrogen and oxygen atoms in total. The van der Waals surface area contributed by atoms with Crippen LogP contribution in [0, 0.1) is 5.82 Å². The summed E-state index contributed by atoms with van der Waals surface area (Å²) in [5.41, 5.74) is 1.11. The summed E-state index contributed by atoms with van der Waals surface area (Å²) in [5, 5.41) is 0. The maximum atomic E-state index is 13.6. The molecule has 2 fully saturated rings. The molecule has 2 aliphatic heterocycles. The fourth-order valence-electron chi connectivity index (χ4n) is 4.02. The van der Waals surface area contributed by atoms with Crippen LogP contribution in [0.1, 0.15) is 24.8 Å². The Bertz CT molecular complexity index is 882. The minimum absolute atomic E-state index is 0.0224. The van der Waals surface area contributed by atoms with Crippen LogP contribution in [-0.2, 0) is 20.7 Å². The molecule has 7 heteroatoms. The van der Waals surface area contributed by atoms with Crippen molar-refractivity contribution in [3.05, 3.63) is 60.2 Å². The highest BCUT2D eigenvalue weighted by Gasteiger charge is 2.43. The number of amides is 2. The zero-order valence-corrected chi connectivity index (χ0v) is 16.2. The number of nitrogens with zero attached hydrogens (tertiary/aromatic N) is 3. The van der Waals surface area contributed by atoms with E-state index in [1.54, 1.807) is 29.4 Å². The minimum atomic E-state index is -0.486. The lowest BCUT2D eigenvalue weighted by Gasteiger charge is -2.47. The molecule has 2 saturated heterocycles. The topological polar surface area (TPSA) is 62.7 Å². The van der Waals surface area contributed by atoms with Crippen LogP contribution in [0.25, 0.3) is 0 Å². The number of ether oxygens (including phenoxy) is 1. The highest BCUT2D eigenvalue weighted by atomic mass is 19.1. The van der Waals surface area contributed by atoms with Crippen LogP contribution in [0.3, 0.4) is 0 Å². The summed E-state index contributed by atoms with van der Waals surface area (Å²) in [7, 11) is 0. The molecular formula is C22H24FN3O3. The largest absolute Gasteiger partial charge is 0.363 e. The number of halogens is 1. The van der Waals surface area contributed by atoms with Crippen molar-refractivity contribution in [3.8, 4) is 0 Å². The Morgan fingerprint density at radius 2 is 2.03 bits per heavy atom. The van der Waals surface area contributed by atoms with Gasteiger partial charge in [-0.1, -0.05) is 12.1 Å². The van der Waals surface area contributed by atoms with Gasteiger partial charge in [-0.25, -0.2) is 4.39 Å². The first kappa shape index (κ1) is 19.5. The first-order chi connectivity index (χ1) is 14.0. The number of likely N-dealkylation sites (tertiary alicyclic amines) is 1. The summed E-state index contributed by atoms with van der Waals surface area (Å²) < 4.78 is 19.5. The van der Waals surface area contributed by atoms with Crippen LogP contribution < -0.4 is 4.90 Å². The normalized spacial score (nSPS) is 18.9. The van der Waals surface area contributed by atoms with Gasteiger partial charge in [0.2, 0.25) is 5.91 Å². The zero-order chi connectivity index (χ0) is 20.3. The quantitative estimate of drug-likeness (QED) is 0.796. The molecule has 0 N–H and O–H groups in total. The fraction of sp³-hybridized carbons (Fsp3) is 0.409. The van der Waals surface area contributed by atoms with E-state index in [0.717, 1.165) is 5.56 Å². The van der Waals surface area contributed by atoms with E-state index in [1.807, 2.05) is 17.0 Å². The van der Waals surface area contributed by atoms with Gasteiger partial charge in [0.25, 0.3) is 5.91 Å². The monoisotopic (exact) mass is 397 g/mol.